The molecular formula is C17H28N4O2. The van der Waals surface area contributed by atoms with Gasteiger partial charge in [0.15, 0.2) is 0 Å². The van der Waals surface area contributed by atoms with Crippen molar-refractivity contribution in [2.75, 3.05) is 39.9 Å². The molecule has 1 aliphatic rings. The summed E-state index contributed by atoms with van der Waals surface area (Å²) in [7, 11) is 1.82. The topological polar surface area (TPSA) is 57.7 Å². The summed E-state index contributed by atoms with van der Waals surface area (Å²) in [4.78, 5) is 20.5. The first-order valence-corrected chi connectivity index (χ1v) is 8.28. The van der Waals surface area contributed by atoms with Crippen molar-refractivity contribution in [1.82, 2.24) is 20.1 Å². The fourth-order valence-electron chi connectivity index (χ4n) is 2.64. The van der Waals surface area contributed by atoms with Crippen molar-refractivity contribution >= 4 is 6.03 Å². The average Bonchev–Trinajstić information content (AvgIpc) is 2.54. The van der Waals surface area contributed by atoms with E-state index in [0.717, 1.165) is 50.5 Å². The van der Waals surface area contributed by atoms with Gasteiger partial charge in [0, 0.05) is 51.2 Å². The van der Waals surface area contributed by atoms with Gasteiger partial charge in [0.2, 0.25) is 0 Å². The summed E-state index contributed by atoms with van der Waals surface area (Å²) in [5, 5.41) is 3.07. The number of aromatic nitrogens is 1. The van der Waals surface area contributed by atoms with Crippen molar-refractivity contribution < 1.29 is 9.53 Å². The van der Waals surface area contributed by atoms with Crippen LogP contribution in [0.15, 0.2) is 18.3 Å². The fourth-order valence-corrected chi connectivity index (χ4v) is 2.64. The van der Waals surface area contributed by atoms with Crippen molar-refractivity contribution in [2.24, 2.45) is 0 Å². The second-order valence-electron chi connectivity index (χ2n) is 6.25. The largest absolute Gasteiger partial charge is 0.379 e. The van der Waals surface area contributed by atoms with E-state index in [1.165, 1.54) is 0 Å². The van der Waals surface area contributed by atoms with Crippen molar-refractivity contribution in [3.63, 3.8) is 0 Å². The lowest BCUT2D eigenvalue weighted by molar-refractivity contribution is 0.0364. The van der Waals surface area contributed by atoms with Crippen LogP contribution in [0.4, 0.5) is 4.79 Å². The molecule has 23 heavy (non-hydrogen) atoms. The van der Waals surface area contributed by atoms with Gasteiger partial charge in [-0.2, -0.15) is 0 Å². The Bertz CT molecular complexity index is 503. The molecule has 1 aliphatic heterocycles. The predicted octanol–water partition coefficient (Wildman–Crippen LogP) is 1.64. The van der Waals surface area contributed by atoms with Gasteiger partial charge >= 0.3 is 6.03 Å². The highest BCUT2D eigenvalue weighted by Crippen LogP contribution is 2.05. The first-order valence-electron chi connectivity index (χ1n) is 8.28. The summed E-state index contributed by atoms with van der Waals surface area (Å²) in [6, 6.07) is 4.07. The van der Waals surface area contributed by atoms with E-state index in [-0.39, 0.29) is 12.1 Å². The van der Waals surface area contributed by atoms with Crippen LogP contribution in [0.1, 0.15) is 24.6 Å². The molecule has 128 valence electrons. The summed E-state index contributed by atoms with van der Waals surface area (Å²) in [6.07, 6.45) is 2.73. The summed E-state index contributed by atoms with van der Waals surface area (Å²) in [6.45, 7) is 9.21. The summed E-state index contributed by atoms with van der Waals surface area (Å²) in [5.41, 5.74) is 2.06. The molecule has 0 spiro atoms. The van der Waals surface area contributed by atoms with Gasteiger partial charge in [-0.1, -0.05) is 0 Å². The molecule has 0 bridgehead atoms. The molecule has 2 amide bonds. The molecule has 2 heterocycles. The van der Waals surface area contributed by atoms with Gasteiger partial charge in [0.25, 0.3) is 0 Å². The van der Waals surface area contributed by atoms with E-state index in [4.69, 9.17) is 4.74 Å². The second-order valence-corrected chi connectivity index (χ2v) is 6.25. The number of hydrogen-bond donors (Lipinski definition) is 1. The molecule has 6 nitrogen and oxygen atoms in total. The van der Waals surface area contributed by atoms with Gasteiger partial charge in [-0.15, -0.1) is 0 Å². The van der Waals surface area contributed by atoms with Crippen LogP contribution < -0.4 is 5.32 Å². The minimum Gasteiger partial charge on any atom is -0.379 e. The fraction of sp³-hybridized carbons (Fsp3) is 0.647. The Labute approximate surface area is 138 Å². The van der Waals surface area contributed by atoms with E-state index >= 15 is 0 Å². The molecule has 1 aromatic heterocycles. The van der Waals surface area contributed by atoms with Crippen LogP contribution in [0.2, 0.25) is 0 Å². The van der Waals surface area contributed by atoms with Gasteiger partial charge in [0.05, 0.1) is 13.2 Å². The molecule has 2 rings (SSSR count). The molecule has 1 aromatic rings. The normalized spacial score (nSPS) is 16.8. The van der Waals surface area contributed by atoms with Crippen LogP contribution in [0.25, 0.3) is 0 Å². The molecule has 6 heteroatoms. The molecule has 1 fully saturated rings. The number of morpholine rings is 1. The van der Waals surface area contributed by atoms with E-state index < -0.39 is 0 Å². The number of nitrogens with one attached hydrogen (secondary N) is 1. The van der Waals surface area contributed by atoms with Gasteiger partial charge in [-0.05, 0) is 38.0 Å². The van der Waals surface area contributed by atoms with Gasteiger partial charge in [0.1, 0.15) is 0 Å². The third-order valence-electron chi connectivity index (χ3n) is 4.08. The van der Waals surface area contributed by atoms with E-state index in [0.29, 0.717) is 6.54 Å². The molecular weight excluding hydrogens is 292 g/mol. The number of carbonyl (C=O) groups excluding carboxylic acids is 1. The third kappa shape index (κ3) is 6.15. The Kier molecular flexibility index (Phi) is 6.80. The molecule has 0 unspecified atom stereocenters. The Balaban J connectivity index is 1.71. The van der Waals surface area contributed by atoms with E-state index in [2.05, 4.69) is 22.1 Å². The van der Waals surface area contributed by atoms with Crippen molar-refractivity contribution in [2.45, 2.75) is 32.9 Å². The second kappa shape index (κ2) is 8.84. The quantitative estimate of drug-likeness (QED) is 0.866. The number of rotatable bonds is 6. The van der Waals surface area contributed by atoms with Gasteiger partial charge in [-0.3, -0.25) is 9.88 Å². The number of hydrogen-bond acceptors (Lipinski definition) is 4. The standard InChI is InChI=1S/C17H28N4O2/c1-14(5-7-21-8-10-23-11-9-21)19-17(22)20(3)13-16-4-6-18-15(2)12-16/h4,6,12,14H,5,7-11,13H2,1-3H3,(H,19,22)/t14-/m1/s1. The van der Waals surface area contributed by atoms with Gasteiger partial charge < -0.3 is 15.0 Å². The molecule has 0 radical (unpaired) electrons. The summed E-state index contributed by atoms with van der Waals surface area (Å²) >= 11 is 0. The number of carbonyl (C=O) groups is 1. The zero-order chi connectivity index (χ0) is 16.7. The Morgan fingerprint density at radius 2 is 2.22 bits per heavy atom. The number of urea groups is 1. The molecule has 1 saturated heterocycles. The first kappa shape index (κ1) is 17.7. The number of aryl methyl sites for hydroxylation is 1. The highest BCUT2D eigenvalue weighted by atomic mass is 16.5. The van der Waals surface area contributed by atoms with Gasteiger partial charge in [-0.25, -0.2) is 4.79 Å². The summed E-state index contributed by atoms with van der Waals surface area (Å²) in [5.74, 6) is 0. The minimum atomic E-state index is -0.0334. The lowest BCUT2D eigenvalue weighted by atomic mass is 10.2. The lowest BCUT2D eigenvalue weighted by Crippen LogP contribution is -2.44. The number of nitrogens with zero attached hydrogens (tertiary/aromatic N) is 3. The predicted molar refractivity (Wildman–Crippen MR) is 90.3 cm³/mol. The smallest absolute Gasteiger partial charge is 0.317 e. The number of ether oxygens (including phenoxy) is 1. The van der Waals surface area contributed by atoms with E-state index in [1.807, 2.05) is 26.1 Å². The van der Waals surface area contributed by atoms with Crippen molar-refractivity contribution in [3.8, 4) is 0 Å². The van der Waals surface area contributed by atoms with Crippen LogP contribution in [0, 0.1) is 6.92 Å². The average molecular weight is 320 g/mol. The monoisotopic (exact) mass is 320 g/mol. The van der Waals surface area contributed by atoms with Crippen molar-refractivity contribution in [3.05, 3.63) is 29.6 Å². The Hall–Kier alpha value is -1.66. The van der Waals surface area contributed by atoms with Crippen LogP contribution in [-0.4, -0.2) is 66.8 Å². The zero-order valence-corrected chi connectivity index (χ0v) is 14.4. The Morgan fingerprint density at radius 3 is 2.91 bits per heavy atom. The van der Waals surface area contributed by atoms with E-state index in [9.17, 15) is 4.79 Å². The molecule has 1 atom stereocenters. The van der Waals surface area contributed by atoms with E-state index in [1.54, 1.807) is 11.1 Å². The van der Waals surface area contributed by atoms with Crippen LogP contribution in [0.3, 0.4) is 0 Å². The minimum absolute atomic E-state index is 0.0334. The van der Waals surface area contributed by atoms with Crippen LogP contribution in [-0.2, 0) is 11.3 Å². The number of amides is 2. The zero-order valence-electron chi connectivity index (χ0n) is 14.4. The molecule has 0 aliphatic carbocycles. The van der Waals surface area contributed by atoms with Crippen molar-refractivity contribution in [1.29, 1.82) is 0 Å². The highest BCUT2D eigenvalue weighted by Gasteiger charge is 2.15. The Morgan fingerprint density at radius 1 is 1.48 bits per heavy atom. The first-order chi connectivity index (χ1) is 11.0. The summed E-state index contributed by atoms with van der Waals surface area (Å²) < 4.78 is 5.34. The third-order valence-corrected chi connectivity index (χ3v) is 4.08. The van der Waals surface area contributed by atoms with Crippen LogP contribution in [0.5, 0.6) is 0 Å². The molecule has 1 N–H and O–H groups in total. The SMILES string of the molecule is Cc1cc(CN(C)C(=O)N[C@H](C)CCN2CCOCC2)ccn1. The van der Waals surface area contributed by atoms with Crippen LogP contribution >= 0.6 is 0 Å². The highest BCUT2D eigenvalue weighted by molar-refractivity contribution is 5.74. The number of pyridine rings is 1. The maximum atomic E-state index is 12.3. The molecule has 0 saturated carbocycles. The maximum Gasteiger partial charge on any atom is 0.317 e. The maximum absolute atomic E-state index is 12.3. The lowest BCUT2D eigenvalue weighted by Gasteiger charge is -2.28. The molecule has 0 aromatic carbocycles.